The lowest BCUT2D eigenvalue weighted by Gasteiger charge is -2.12. The first-order valence-corrected chi connectivity index (χ1v) is 9.68. The van der Waals surface area contributed by atoms with Crippen molar-refractivity contribution in [1.29, 1.82) is 0 Å². The minimum absolute atomic E-state index is 0.00145. The van der Waals surface area contributed by atoms with Gasteiger partial charge in [0.2, 0.25) is 17.7 Å². The topological polar surface area (TPSA) is 120 Å². The van der Waals surface area contributed by atoms with Crippen LogP contribution >= 0.6 is 11.3 Å². The van der Waals surface area contributed by atoms with Crippen LogP contribution in [0.3, 0.4) is 0 Å². The van der Waals surface area contributed by atoms with Gasteiger partial charge in [-0.3, -0.25) is 19.3 Å². The average Bonchev–Trinajstić information content (AvgIpc) is 3.25. The Morgan fingerprint density at radius 3 is 2.48 bits per heavy atom. The van der Waals surface area contributed by atoms with Crippen molar-refractivity contribution in [3.05, 3.63) is 46.4 Å². The van der Waals surface area contributed by atoms with Gasteiger partial charge in [0.25, 0.3) is 0 Å². The van der Waals surface area contributed by atoms with E-state index in [1.54, 1.807) is 30.3 Å². The highest BCUT2D eigenvalue weighted by Crippen LogP contribution is 2.15. The summed E-state index contributed by atoms with van der Waals surface area (Å²) in [5.74, 6) is -0.960. The van der Waals surface area contributed by atoms with Gasteiger partial charge in [-0.15, -0.1) is 11.3 Å². The fraction of sp³-hybridized carbons (Fsp3) is 0.211. The number of imide groups is 1. The molecule has 0 aliphatic carbocycles. The lowest BCUT2D eigenvalue weighted by atomic mass is 10.2. The molecule has 0 radical (unpaired) electrons. The Morgan fingerprint density at radius 1 is 1.21 bits per heavy atom. The third-order valence-electron chi connectivity index (χ3n) is 3.98. The Bertz CT molecular complexity index is 951. The number of thiazole rings is 1. The number of anilines is 2. The molecule has 1 aromatic carbocycles. The fourth-order valence-corrected chi connectivity index (χ4v) is 3.14. The minimum Gasteiger partial charge on any atom is -0.329 e. The summed E-state index contributed by atoms with van der Waals surface area (Å²) in [6.07, 6.45) is 3.04. The zero-order valence-electron chi connectivity index (χ0n) is 15.6. The number of aromatic nitrogens is 1. The number of amides is 5. The number of nitrogens with zero attached hydrogens (tertiary/aromatic N) is 2. The molecule has 0 saturated carbocycles. The molecule has 3 rings (SSSR count). The Kier molecular flexibility index (Phi) is 6.35. The number of aryl methyl sites for hydroxylation is 1. The van der Waals surface area contributed by atoms with Gasteiger partial charge in [-0.2, -0.15) is 0 Å². The average molecular weight is 413 g/mol. The maximum Gasteiger partial charge on any atom is 0.324 e. The summed E-state index contributed by atoms with van der Waals surface area (Å²) < 4.78 is 0. The van der Waals surface area contributed by atoms with Crippen LogP contribution in [0.2, 0.25) is 0 Å². The molecule has 29 heavy (non-hydrogen) atoms. The highest BCUT2D eigenvalue weighted by molar-refractivity contribution is 7.09. The number of hydrogen-bond donors (Lipinski definition) is 3. The fourth-order valence-electron chi connectivity index (χ4n) is 2.56. The van der Waals surface area contributed by atoms with E-state index in [4.69, 9.17) is 0 Å². The van der Waals surface area contributed by atoms with Crippen molar-refractivity contribution in [1.82, 2.24) is 15.2 Å². The van der Waals surface area contributed by atoms with Crippen LogP contribution < -0.4 is 16.0 Å². The van der Waals surface area contributed by atoms with Crippen molar-refractivity contribution in [2.45, 2.75) is 13.3 Å². The monoisotopic (exact) mass is 413 g/mol. The first-order valence-electron chi connectivity index (χ1n) is 8.80. The van der Waals surface area contributed by atoms with Gasteiger partial charge in [-0.25, -0.2) is 9.78 Å². The van der Waals surface area contributed by atoms with Crippen molar-refractivity contribution in [2.24, 2.45) is 0 Å². The largest absolute Gasteiger partial charge is 0.329 e. The van der Waals surface area contributed by atoms with E-state index in [1.165, 1.54) is 17.4 Å². The van der Waals surface area contributed by atoms with Gasteiger partial charge in [-0.1, -0.05) is 0 Å². The molecule has 3 N–H and O–H groups in total. The third-order valence-corrected chi connectivity index (χ3v) is 4.77. The summed E-state index contributed by atoms with van der Waals surface area (Å²) in [6, 6.07) is 6.13. The molecule has 2 heterocycles. The van der Waals surface area contributed by atoms with Gasteiger partial charge in [0.15, 0.2) is 0 Å². The van der Waals surface area contributed by atoms with Gasteiger partial charge in [0, 0.05) is 35.8 Å². The molecule has 1 aromatic heterocycles. The first-order chi connectivity index (χ1) is 13.9. The number of nitrogens with one attached hydrogen (secondary N) is 3. The standard InChI is InChI=1S/C19H19N5O4S/c1-12-21-15(11-29-12)6-7-16(25)22-13-2-4-14(5-3-13)23-17(26)8-9-24-18(27)10-20-19(24)28/h2-7,11H,8-10H2,1H3,(H,20,28)(H,22,25)(H,23,26)/b7-6+. The molecule has 0 spiro atoms. The van der Waals surface area contributed by atoms with Crippen molar-refractivity contribution in [2.75, 3.05) is 23.7 Å². The summed E-state index contributed by atoms with van der Waals surface area (Å²) in [5.41, 5.74) is 1.85. The van der Waals surface area contributed by atoms with Crippen LogP contribution in [0.1, 0.15) is 17.1 Å². The summed E-state index contributed by atoms with van der Waals surface area (Å²) in [5, 5.41) is 10.6. The molecular weight excluding hydrogens is 394 g/mol. The van der Waals surface area contributed by atoms with Crippen molar-refractivity contribution < 1.29 is 19.2 Å². The smallest absolute Gasteiger partial charge is 0.324 e. The van der Waals surface area contributed by atoms with Crippen LogP contribution in [0.15, 0.2) is 35.7 Å². The minimum atomic E-state index is -0.484. The highest BCUT2D eigenvalue weighted by Gasteiger charge is 2.28. The molecule has 1 aliphatic rings. The van der Waals surface area contributed by atoms with E-state index in [9.17, 15) is 19.2 Å². The molecule has 150 valence electrons. The van der Waals surface area contributed by atoms with Gasteiger partial charge in [0.1, 0.15) is 0 Å². The van der Waals surface area contributed by atoms with E-state index >= 15 is 0 Å². The van der Waals surface area contributed by atoms with Crippen LogP contribution in [0, 0.1) is 6.92 Å². The number of carbonyl (C=O) groups excluding carboxylic acids is 4. The van der Waals surface area contributed by atoms with E-state index in [-0.39, 0.29) is 37.2 Å². The van der Waals surface area contributed by atoms with E-state index in [1.807, 2.05) is 12.3 Å². The second-order valence-corrected chi connectivity index (χ2v) is 7.26. The highest BCUT2D eigenvalue weighted by atomic mass is 32.1. The quantitative estimate of drug-likeness (QED) is 0.474. The maximum atomic E-state index is 12.0. The van der Waals surface area contributed by atoms with Crippen LogP contribution in [0.4, 0.5) is 16.2 Å². The summed E-state index contributed by atoms with van der Waals surface area (Å²) >= 11 is 1.51. The van der Waals surface area contributed by atoms with Crippen molar-refractivity contribution >= 4 is 52.5 Å². The third kappa shape index (κ3) is 5.72. The van der Waals surface area contributed by atoms with Gasteiger partial charge < -0.3 is 16.0 Å². The predicted molar refractivity (Wildman–Crippen MR) is 109 cm³/mol. The molecule has 2 aromatic rings. The maximum absolute atomic E-state index is 12.0. The zero-order chi connectivity index (χ0) is 20.8. The molecule has 1 fully saturated rings. The van der Waals surface area contributed by atoms with Gasteiger partial charge in [0.05, 0.1) is 17.2 Å². The van der Waals surface area contributed by atoms with Gasteiger partial charge in [-0.05, 0) is 37.3 Å². The number of benzene rings is 1. The molecule has 9 nitrogen and oxygen atoms in total. The molecule has 1 aliphatic heterocycles. The SMILES string of the molecule is Cc1nc(/C=C/C(=O)Nc2ccc(NC(=O)CCN3C(=O)CNC3=O)cc2)cs1. The lowest BCUT2D eigenvalue weighted by Crippen LogP contribution is -2.33. The number of carbonyl (C=O) groups is 4. The molecule has 5 amide bonds. The zero-order valence-corrected chi connectivity index (χ0v) is 16.4. The molecular formula is C19H19N5O4S. The number of urea groups is 1. The molecule has 0 unspecified atom stereocenters. The van der Waals surface area contributed by atoms with Gasteiger partial charge >= 0.3 is 6.03 Å². The van der Waals surface area contributed by atoms with E-state index in [2.05, 4.69) is 20.9 Å². The normalized spacial score (nSPS) is 13.6. The first kappa shape index (κ1) is 20.2. The Balaban J connectivity index is 1.46. The number of rotatable bonds is 7. The van der Waals surface area contributed by atoms with Crippen molar-refractivity contribution in [3.8, 4) is 0 Å². The summed E-state index contributed by atoms with van der Waals surface area (Å²) in [7, 11) is 0. The molecule has 10 heteroatoms. The van der Waals surface area contributed by atoms with Crippen LogP contribution in [-0.2, 0) is 14.4 Å². The van der Waals surface area contributed by atoms with E-state index in [0.717, 1.165) is 15.6 Å². The molecule has 1 saturated heterocycles. The van der Waals surface area contributed by atoms with Crippen molar-refractivity contribution in [3.63, 3.8) is 0 Å². The van der Waals surface area contributed by atoms with Crippen LogP contribution in [-0.4, -0.2) is 46.7 Å². The van der Waals surface area contributed by atoms with Crippen LogP contribution in [0.25, 0.3) is 6.08 Å². The second kappa shape index (κ2) is 9.11. The summed E-state index contributed by atoms with van der Waals surface area (Å²) in [4.78, 5) is 52.1. The Labute approximate surface area is 170 Å². The Hall–Kier alpha value is -3.53. The van der Waals surface area contributed by atoms with E-state index in [0.29, 0.717) is 11.4 Å². The van der Waals surface area contributed by atoms with Crippen LogP contribution in [0.5, 0.6) is 0 Å². The van der Waals surface area contributed by atoms with E-state index < -0.39 is 6.03 Å². The Morgan fingerprint density at radius 2 is 1.90 bits per heavy atom. The summed E-state index contributed by atoms with van der Waals surface area (Å²) in [6.45, 7) is 1.88. The number of hydrogen-bond acceptors (Lipinski definition) is 6. The molecule has 0 atom stereocenters. The lowest BCUT2D eigenvalue weighted by molar-refractivity contribution is -0.125. The second-order valence-electron chi connectivity index (χ2n) is 6.19. The predicted octanol–water partition coefficient (Wildman–Crippen LogP) is 1.98. The molecule has 0 bridgehead atoms.